The molecular weight excluding hydrogens is 374 g/mol. The van der Waals surface area contributed by atoms with Gasteiger partial charge >= 0.3 is 0 Å². The molecule has 134 valence electrons. The lowest BCUT2D eigenvalue weighted by molar-refractivity contribution is -2.00. The molecule has 0 spiro atoms. The number of rotatable bonds is 1. The third-order valence-corrected chi connectivity index (χ3v) is 5.22. The van der Waals surface area contributed by atoms with Crippen molar-refractivity contribution in [1.29, 1.82) is 0 Å². The van der Waals surface area contributed by atoms with Crippen molar-refractivity contribution in [2.24, 2.45) is 0 Å². The van der Waals surface area contributed by atoms with Gasteiger partial charge in [0.2, 0.25) is 5.69 Å². The van der Waals surface area contributed by atoms with Crippen molar-refractivity contribution in [2.75, 3.05) is 12.8 Å². The van der Waals surface area contributed by atoms with Crippen molar-refractivity contribution in [3.05, 3.63) is 72.3 Å². The molecule has 0 amide bonds. The summed E-state index contributed by atoms with van der Waals surface area (Å²) in [5, 5.41) is 2.68. The summed E-state index contributed by atoms with van der Waals surface area (Å²) in [4.78, 5) is 1.40. The number of fused-ring (bicyclic) bond motifs is 3. The maximum atomic E-state index is 8.49. The van der Waals surface area contributed by atoms with Crippen LogP contribution < -0.4 is 18.6 Å². The predicted molar refractivity (Wildman–Crippen MR) is 91.1 cm³/mol. The van der Waals surface area contributed by atoms with Gasteiger partial charge < -0.3 is 0 Å². The first-order chi connectivity index (χ1) is 12.3. The molecule has 0 saturated carbocycles. The smallest absolute Gasteiger partial charge is 0.219 e. The van der Waals surface area contributed by atoms with Gasteiger partial charge in [0.15, 0.2) is 5.71 Å². The fourth-order valence-electron chi connectivity index (χ4n) is 2.94. The molecule has 3 aromatic carbocycles. The van der Waals surface area contributed by atoms with Crippen LogP contribution in [0, 0.1) is 10.2 Å². The molecule has 0 bridgehead atoms. The third kappa shape index (κ3) is 4.42. The number of benzene rings is 3. The first-order valence-electron chi connectivity index (χ1n) is 7.76. The zero-order valence-electron chi connectivity index (χ0n) is 13.9. The Kier molecular flexibility index (Phi) is 5.62. The normalized spacial score (nSPS) is 13.9. The maximum absolute atomic E-state index is 8.49. The Labute approximate surface area is 157 Å². The molecule has 1 aliphatic heterocycles. The van der Waals surface area contributed by atoms with Crippen molar-refractivity contribution < 1.29 is 33.5 Å². The highest BCUT2D eigenvalue weighted by Crippen LogP contribution is 2.39. The van der Waals surface area contributed by atoms with Crippen LogP contribution in [0.25, 0.3) is 10.8 Å². The lowest BCUT2D eigenvalue weighted by Gasteiger charge is -2.17. The molecule has 0 atom stereocenters. The number of halogens is 1. The summed E-state index contributed by atoms with van der Waals surface area (Å²) in [6.07, 6.45) is 0. The molecule has 0 N–H and O–H groups in total. The Hall–Kier alpha value is -1.93. The summed E-state index contributed by atoms with van der Waals surface area (Å²) < 4.78 is 36.3. The van der Waals surface area contributed by atoms with Gasteiger partial charge in [0.25, 0.3) is 0 Å². The molecular formula is C19H16ClNO4S. The maximum Gasteiger partial charge on any atom is 0.219 e. The van der Waals surface area contributed by atoms with Crippen molar-refractivity contribution in [1.82, 2.24) is 0 Å². The highest BCUT2D eigenvalue weighted by atomic mass is 35.7. The van der Waals surface area contributed by atoms with E-state index < -0.39 is 10.2 Å². The summed E-state index contributed by atoms with van der Waals surface area (Å²) in [7, 11) is -2.77. The third-order valence-electron chi connectivity index (χ3n) is 4.09. The monoisotopic (exact) mass is 389 g/mol. The average molecular weight is 390 g/mol. The van der Waals surface area contributed by atoms with Crippen LogP contribution in [-0.2, 0) is 0 Å². The quantitative estimate of drug-likeness (QED) is 0.544. The van der Waals surface area contributed by atoms with Crippen LogP contribution >= 0.6 is 11.8 Å². The van der Waals surface area contributed by atoms with Gasteiger partial charge in [-0.2, -0.15) is 4.58 Å². The second-order valence-corrected chi connectivity index (χ2v) is 7.41. The van der Waals surface area contributed by atoms with Crippen LogP contribution in [0.1, 0.15) is 5.56 Å². The Morgan fingerprint density at radius 1 is 0.846 bits per heavy atom. The van der Waals surface area contributed by atoms with Crippen LogP contribution in [0.4, 0.5) is 5.69 Å². The number of hydrogen-bond donors (Lipinski definition) is 0. The van der Waals surface area contributed by atoms with E-state index in [4.69, 9.17) is 18.6 Å². The largest absolute Gasteiger partial charge is 0.222 e. The molecule has 1 aliphatic rings. The highest BCUT2D eigenvalue weighted by Gasteiger charge is 2.26. The second-order valence-electron chi connectivity index (χ2n) is 5.67. The molecule has 0 aliphatic carbocycles. The van der Waals surface area contributed by atoms with Gasteiger partial charge in [0.1, 0.15) is 7.05 Å². The Morgan fingerprint density at radius 2 is 1.46 bits per heavy atom. The number of nitrogens with zero attached hydrogens (tertiary/aromatic N) is 1. The van der Waals surface area contributed by atoms with E-state index in [1.54, 1.807) is 0 Å². The van der Waals surface area contributed by atoms with E-state index in [1.165, 1.54) is 32.6 Å². The Bertz CT molecular complexity index is 949. The second kappa shape index (κ2) is 7.75. The van der Waals surface area contributed by atoms with E-state index in [1.807, 2.05) is 11.8 Å². The summed E-state index contributed by atoms with van der Waals surface area (Å²) in [6, 6.07) is 23.8. The van der Waals surface area contributed by atoms with Gasteiger partial charge in [0.05, 0.1) is 10.6 Å². The highest BCUT2D eigenvalue weighted by molar-refractivity contribution is 8.00. The van der Waals surface area contributed by atoms with E-state index in [9.17, 15) is 0 Å². The van der Waals surface area contributed by atoms with Gasteiger partial charge in [-0.3, -0.25) is 0 Å². The Morgan fingerprint density at radius 3 is 2.15 bits per heavy atom. The van der Waals surface area contributed by atoms with Crippen LogP contribution in [-0.4, -0.2) is 23.1 Å². The molecule has 0 radical (unpaired) electrons. The van der Waals surface area contributed by atoms with E-state index in [-0.39, 0.29) is 0 Å². The number of thioether (sulfide) groups is 1. The van der Waals surface area contributed by atoms with E-state index >= 15 is 0 Å². The first kappa shape index (κ1) is 18.8. The summed E-state index contributed by atoms with van der Waals surface area (Å²) in [6.45, 7) is 0. The minimum Gasteiger partial charge on any atom is -0.222 e. The molecule has 7 heteroatoms. The molecule has 0 aromatic heterocycles. The van der Waals surface area contributed by atoms with Crippen molar-refractivity contribution in [3.63, 3.8) is 0 Å². The summed E-state index contributed by atoms with van der Waals surface area (Å²) >= 11 is 1.95. The van der Waals surface area contributed by atoms with Crippen LogP contribution in [0.2, 0.25) is 0 Å². The van der Waals surface area contributed by atoms with Crippen molar-refractivity contribution in [3.8, 4) is 0 Å². The molecule has 0 saturated heterocycles. The van der Waals surface area contributed by atoms with Gasteiger partial charge in [-0.05, 0) is 23.6 Å². The standard InChI is InChI=1S/C19H16NS.ClHO4/c1-20-17-12-11-14-7-5-6-10-16(14)19(17)21-13-18(20)15-8-3-2-4-9-15;2-1(3,4)5/h2-12H,13H2,1H3;(H,2,3,4,5)/q+1;/p-1. The molecule has 5 nitrogen and oxygen atoms in total. The van der Waals surface area contributed by atoms with Crippen LogP contribution in [0.15, 0.2) is 71.6 Å². The fourth-order valence-corrected chi connectivity index (χ4v) is 4.27. The lowest BCUT2D eigenvalue weighted by atomic mass is 10.1. The van der Waals surface area contributed by atoms with E-state index in [0.29, 0.717) is 0 Å². The molecule has 0 unspecified atom stereocenters. The minimum absolute atomic E-state index is 1.02. The van der Waals surface area contributed by atoms with Gasteiger partial charge in [-0.15, -0.1) is 22.0 Å². The van der Waals surface area contributed by atoms with Gasteiger partial charge in [-0.25, -0.2) is 18.6 Å². The zero-order chi connectivity index (χ0) is 18.7. The predicted octanol–water partition coefficient (Wildman–Crippen LogP) is -0.0474. The van der Waals surface area contributed by atoms with Gasteiger partial charge in [0, 0.05) is 17.0 Å². The van der Waals surface area contributed by atoms with Crippen molar-refractivity contribution in [2.45, 2.75) is 4.90 Å². The number of hydrogen-bond acceptors (Lipinski definition) is 5. The van der Waals surface area contributed by atoms with E-state index in [2.05, 4.69) is 78.4 Å². The fraction of sp³-hybridized carbons (Fsp3) is 0.105. The zero-order valence-corrected chi connectivity index (χ0v) is 15.5. The van der Waals surface area contributed by atoms with Gasteiger partial charge in [-0.1, -0.05) is 42.5 Å². The molecule has 1 heterocycles. The van der Waals surface area contributed by atoms with Crippen molar-refractivity contribution >= 4 is 33.9 Å². The first-order valence-corrected chi connectivity index (χ1v) is 9.98. The Balaban J connectivity index is 0.000000349. The van der Waals surface area contributed by atoms with E-state index in [0.717, 1.165) is 5.75 Å². The summed E-state index contributed by atoms with van der Waals surface area (Å²) in [5.41, 5.74) is 4.00. The summed E-state index contributed by atoms with van der Waals surface area (Å²) in [5.74, 6) is 1.02. The van der Waals surface area contributed by atoms with Crippen LogP contribution in [0.3, 0.4) is 0 Å². The molecule has 4 rings (SSSR count). The minimum atomic E-state index is -4.94. The lowest BCUT2D eigenvalue weighted by Crippen LogP contribution is -2.68. The molecule has 0 fully saturated rings. The SMILES string of the molecule is C[N+]1=C(c2ccccc2)CSc2c1ccc1ccccc21.[O-][Cl+3]([O-])([O-])[O-]. The average Bonchev–Trinajstić information content (AvgIpc) is 2.61. The van der Waals surface area contributed by atoms with Crippen LogP contribution in [0.5, 0.6) is 0 Å². The topological polar surface area (TPSA) is 95.2 Å². The molecule has 26 heavy (non-hydrogen) atoms. The molecule has 3 aromatic rings.